The molecule has 0 saturated carbocycles. The molecule has 0 aromatic heterocycles. The van der Waals surface area contributed by atoms with Gasteiger partial charge in [0.2, 0.25) is 0 Å². The van der Waals surface area contributed by atoms with E-state index in [2.05, 4.69) is 0 Å². The normalized spacial score (nSPS) is 12.8. The van der Waals surface area contributed by atoms with Gasteiger partial charge in [0.1, 0.15) is 5.78 Å². The molecule has 0 rings (SSSR count). The van der Waals surface area contributed by atoms with Crippen molar-refractivity contribution in [3.05, 3.63) is 0 Å². The van der Waals surface area contributed by atoms with E-state index in [0.29, 0.717) is 19.8 Å². The number of carbonyl (C=O) groups is 1. The minimum absolute atomic E-state index is 0.0269. The highest BCUT2D eigenvalue weighted by Crippen LogP contribution is 1.93. The van der Waals surface area contributed by atoms with Crippen molar-refractivity contribution in [3.8, 4) is 0 Å². The summed E-state index contributed by atoms with van der Waals surface area (Å²) in [6.07, 6.45) is -0.520. The van der Waals surface area contributed by atoms with E-state index < -0.39 is 6.10 Å². The number of carbonyl (C=O) groups excluding carboxylic acids is 1. The fraction of sp³-hybridized carbons (Fsp3) is 0.889. The molecule has 13 heavy (non-hydrogen) atoms. The van der Waals surface area contributed by atoms with Gasteiger partial charge in [0, 0.05) is 13.0 Å². The summed E-state index contributed by atoms with van der Waals surface area (Å²) < 4.78 is 10.1. The second-order valence-electron chi connectivity index (χ2n) is 2.83. The monoisotopic (exact) mass is 190 g/mol. The average molecular weight is 190 g/mol. The summed E-state index contributed by atoms with van der Waals surface area (Å²) in [5.41, 5.74) is 0. The Morgan fingerprint density at radius 2 is 2.00 bits per heavy atom. The molecule has 4 heteroatoms. The summed E-state index contributed by atoms with van der Waals surface area (Å²) in [6.45, 7) is 5.21. The minimum Gasteiger partial charge on any atom is -0.390 e. The Morgan fingerprint density at radius 1 is 1.38 bits per heavy atom. The molecule has 0 heterocycles. The van der Waals surface area contributed by atoms with Crippen LogP contribution in [0.25, 0.3) is 0 Å². The van der Waals surface area contributed by atoms with Crippen LogP contribution in [-0.2, 0) is 14.3 Å². The Balaban J connectivity index is 3.17. The van der Waals surface area contributed by atoms with Crippen molar-refractivity contribution in [2.75, 3.05) is 26.4 Å². The van der Waals surface area contributed by atoms with Gasteiger partial charge in [-0.15, -0.1) is 0 Å². The van der Waals surface area contributed by atoms with E-state index in [1.165, 1.54) is 6.92 Å². The van der Waals surface area contributed by atoms with Crippen molar-refractivity contribution in [3.63, 3.8) is 0 Å². The number of hydrogen-bond donors (Lipinski definition) is 1. The first kappa shape index (κ1) is 12.6. The topological polar surface area (TPSA) is 55.8 Å². The van der Waals surface area contributed by atoms with Crippen LogP contribution in [0.3, 0.4) is 0 Å². The van der Waals surface area contributed by atoms with Gasteiger partial charge in [-0.25, -0.2) is 0 Å². The molecule has 0 amide bonds. The van der Waals surface area contributed by atoms with Crippen LogP contribution in [0, 0.1) is 0 Å². The third kappa shape index (κ3) is 9.46. The van der Waals surface area contributed by atoms with E-state index in [4.69, 9.17) is 9.47 Å². The van der Waals surface area contributed by atoms with Gasteiger partial charge in [0.15, 0.2) is 0 Å². The van der Waals surface area contributed by atoms with Crippen molar-refractivity contribution in [1.82, 2.24) is 0 Å². The largest absolute Gasteiger partial charge is 0.390 e. The zero-order valence-corrected chi connectivity index (χ0v) is 8.28. The van der Waals surface area contributed by atoms with E-state index in [-0.39, 0.29) is 18.8 Å². The number of ether oxygens (including phenoxy) is 2. The molecule has 0 bridgehead atoms. The van der Waals surface area contributed by atoms with Gasteiger partial charge < -0.3 is 14.6 Å². The molecular formula is C9H18O4. The molecular weight excluding hydrogens is 172 g/mol. The maximum Gasteiger partial charge on any atom is 0.132 e. The van der Waals surface area contributed by atoms with Crippen LogP contribution >= 0.6 is 0 Å². The Hall–Kier alpha value is -0.450. The third-order valence-corrected chi connectivity index (χ3v) is 1.41. The van der Waals surface area contributed by atoms with Crippen molar-refractivity contribution in [1.29, 1.82) is 0 Å². The molecule has 1 N–H and O–H groups in total. The zero-order valence-electron chi connectivity index (χ0n) is 8.28. The van der Waals surface area contributed by atoms with E-state index in [0.717, 1.165) is 0 Å². The molecule has 0 aromatic rings. The molecule has 0 saturated heterocycles. The standard InChI is InChI=1S/C9H18O4/c1-3-12-4-5-13-7-9(11)6-8(2)10/h9,11H,3-7H2,1-2H3. The van der Waals surface area contributed by atoms with Crippen LogP contribution in [0.1, 0.15) is 20.3 Å². The molecule has 1 unspecified atom stereocenters. The molecule has 78 valence electrons. The van der Waals surface area contributed by atoms with Crippen LogP contribution in [0.5, 0.6) is 0 Å². The molecule has 4 nitrogen and oxygen atoms in total. The quantitative estimate of drug-likeness (QED) is 0.562. The maximum absolute atomic E-state index is 10.5. The van der Waals surface area contributed by atoms with Crippen LogP contribution in [0.4, 0.5) is 0 Å². The SMILES string of the molecule is CCOCCOCC(O)CC(C)=O. The second kappa shape index (κ2) is 8.16. The highest BCUT2D eigenvalue weighted by Gasteiger charge is 2.06. The predicted molar refractivity (Wildman–Crippen MR) is 48.6 cm³/mol. The lowest BCUT2D eigenvalue weighted by molar-refractivity contribution is -0.119. The first-order valence-corrected chi connectivity index (χ1v) is 4.49. The van der Waals surface area contributed by atoms with E-state index in [9.17, 15) is 9.90 Å². The summed E-state index contributed by atoms with van der Waals surface area (Å²) in [5, 5.41) is 9.19. The van der Waals surface area contributed by atoms with Gasteiger partial charge in [0.05, 0.1) is 25.9 Å². The molecule has 0 spiro atoms. The lowest BCUT2D eigenvalue weighted by Crippen LogP contribution is -2.19. The van der Waals surface area contributed by atoms with E-state index >= 15 is 0 Å². The first-order valence-electron chi connectivity index (χ1n) is 4.49. The van der Waals surface area contributed by atoms with Crippen molar-refractivity contribution < 1.29 is 19.4 Å². The van der Waals surface area contributed by atoms with Crippen molar-refractivity contribution in [2.45, 2.75) is 26.4 Å². The van der Waals surface area contributed by atoms with Crippen molar-refractivity contribution in [2.24, 2.45) is 0 Å². The second-order valence-corrected chi connectivity index (χ2v) is 2.83. The molecule has 0 fully saturated rings. The number of rotatable bonds is 8. The molecule has 0 radical (unpaired) electrons. The zero-order chi connectivity index (χ0) is 10.1. The minimum atomic E-state index is -0.681. The fourth-order valence-electron chi connectivity index (χ4n) is 0.872. The average Bonchev–Trinajstić information content (AvgIpc) is 2.02. The van der Waals surface area contributed by atoms with Crippen LogP contribution in [-0.4, -0.2) is 43.4 Å². The predicted octanol–water partition coefficient (Wildman–Crippen LogP) is 0.380. The summed E-state index contributed by atoms with van der Waals surface area (Å²) in [4.78, 5) is 10.5. The smallest absolute Gasteiger partial charge is 0.132 e. The fourth-order valence-corrected chi connectivity index (χ4v) is 0.872. The Kier molecular flexibility index (Phi) is 7.88. The number of aliphatic hydroxyl groups excluding tert-OH is 1. The van der Waals surface area contributed by atoms with Crippen LogP contribution in [0.15, 0.2) is 0 Å². The molecule has 0 aliphatic carbocycles. The highest BCUT2D eigenvalue weighted by molar-refractivity contribution is 5.75. The Morgan fingerprint density at radius 3 is 2.54 bits per heavy atom. The van der Waals surface area contributed by atoms with Crippen LogP contribution in [0.2, 0.25) is 0 Å². The van der Waals surface area contributed by atoms with Crippen LogP contribution < -0.4 is 0 Å². The third-order valence-electron chi connectivity index (χ3n) is 1.41. The van der Waals surface area contributed by atoms with Gasteiger partial charge in [-0.1, -0.05) is 0 Å². The van der Waals surface area contributed by atoms with Crippen molar-refractivity contribution >= 4 is 5.78 Å². The highest BCUT2D eigenvalue weighted by atomic mass is 16.5. The molecule has 0 aliphatic heterocycles. The molecule has 0 aromatic carbocycles. The van der Waals surface area contributed by atoms with Gasteiger partial charge in [-0.2, -0.15) is 0 Å². The summed E-state index contributed by atoms with van der Waals surface area (Å²) in [7, 11) is 0. The lowest BCUT2D eigenvalue weighted by atomic mass is 10.2. The Bertz CT molecular complexity index is 136. The van der Waals surface area contributed by atoms with E-state index in [1.807, 2.05) is 6.92 Å². The maximum atomic E-state index is 10.5. The van der Waals surface area contributed by atoms with Gasteiger partial charge in [-0.3, -0.25) is 4.79 Å². The van der Waals surface area contributed by atoms with Gasteiger partial charge in [-0.05, 0) is 13.8 Å². The Labute approximate surface area is 78.8 Å². The van der Waals surface area contributed by atoms with Gasteiger partial charge >= 0.3 is 0 Å². The summed E-state index contributed by atoms with van der Waals surface area (Å²) >= 11 is 0. The lowest BCUT2D eigenvalue weighted by Gasteiger charge is -2.09. The summed E-state index contributed by atoms with van der Waals surface area (Å²) in [5.74, 6) is -0.0269. The van der Waals surface area contributed by atoms with Gasteiger partial charge in [0.25, 0.3) is 0 Å². The number of hydrogen-bond acceptors (Lipinski definition) is 4. The number of Topliss-reactive ketones (excluding diaryl/α,β-unsaturated/α-hetero) is 1. The number of aliphatic hydroxyl groups is 1. The number of ketones is 1. The first-order chi connectivity index (χ1) is 6.16. The molecule has 0 aliphatic rings. The molecule has 1 atom stereocenters. The van der Waals surface area contributed by atoms with E-state index in [1.54, 1.807) is 0 Å². The summed E-state index contributed by atoms with van der Waals surface area (Å²) in [6, 6.07) is 0.